The average Bonchev–Trinajstić information content (AvgIpc) is 2.12. The van der Waals surface area contributed by atoms with Crippen LogP contribution in [0, 0.1) is 11.3 Å². The summed E-state index contributed by atoms with van der Waals surface area (Å²) in [5.74, 6) is 1.39. The highest BCUT2D eigenvalue weighted by atomic mass is 32.2. The number of carbonyl (C=O) groups is 1. The van der Waals surface area contributed by atoms with E-state index in [-0.39, 0.29) is 0 Å². The van der Waals surface area contributed by atoms with Crippen LogP contribution in [0.5, 0.6) is 0 Å². The van der Waals surface area contributed by atoms with Gasteiger partial charge in [0.15, 0.2) is 5.12 Å². The van der Waals surface area contributed by atoms with E-state index in [0.29, 0.717) is 16.4 Å². The van der Waals surface area contributed by atoms with E-state index < -0.39 is 0 Å². The first-order valence-electron chi connectivity index (χ1n) is 4.16. The summed E-state index contributed by atoms with van der Waals surface area (Å²) < 4.78 is 0. The van der Waals surface area contributed by atoms with Crippen molar-refractivity contribution in [3.63, 3.8) is 0 Å². The zero-order chi connectivity index (χ0) is 8.48. The van der Waals surface area contributed by atoms with Gasteiger partial charge >= 0.3 is 0 Å². The van der Waals surface area contributed by atoms with Gasteiger partial charge in [0.1, 0.15) is 0 Å². The molecule has 11 heavy (non-hydrogen) atoms. The van der Waals surface area contributed by atoms with Gasteiger partial charge < -0.3 is 0 Å². The summed E-state index contributed by atoms with van der Waals surface area (Å²) in [7, 11) is 0. The second-order valence-corrected chi connectivity index (χ2v) is 5.52. The van der Waals surface area contributed by atoms with Crippen LogP contribution in [0.15, 0.2) is 0 Å². The Labute approximate surface area is 72.9 Å². The second kappa shape index (κ2) is 3.18. The van der Waals surface area contributed by atoms with E-state index in [2.05, 4.69) is 20.8 Å². The van der Waals surface area contributed by atoms with Gasteiger partial charge in [-0.2, -0.15) is 0 Å². The van der Waals surface area contributed by atoms with Crippen molar-refractivity contribution in [3.05, 3.63) is 0 Å². The zero-order valence-electron chi connectivity index (χ0n) is 7.52. The molecule has 0 aromatic carbocycles. The van der Waals surface area contributed by atoms with Gasteiger partial charge in [0.2, 0.25) is 0 Å². The Kier molecular flexibility index (Phi) is 2.63. The molecular formula is C9H16OS. The lowest BCUT2D eigenvalue weighted by atomic mass is 9.84. The Morgan fingerprint density at radius 1 is 1.55 bits per heavy atom. The van der Waals surface area contributed by atoms with Crippen molar-refractivity contribution in [2.24, 2.45) is 11.3 Å². The molecule has 1 saturated heterocycles. The molecule has 0 saturated carbocycles. The normalized spacial score (nSPS) is 26.1. The van der Waals surface area contributed by atoms with E-state index in [9.17, 15) is 4.79 Å². The van der Waals surface area contributed by atoms with Crippen molar-refractivity contribution in [1.82, 2.24) is 0 Å². The third kappa shape index (κ3) is 2.86. The van der Waals surface area contributed by atoms with Gasteiger partial charge in [-0.15, -0.1) is 0 Å². The fourth-order valence-corrected chi connectivity index (χ4v) is 2.50. The molecule has 2 heteroatoms. The van der Waals surface area contributed by atoms with Crippen molar-refractivity contribution in [3.8, 4) is 0 Å². The van der Waals surface area contributed by atoms with Crippen LogP contribution >= 0.6 is 11.8 Å². The molecule has 0 radical (unpaired) electrons. The van der Waals surface area contributed by atoms with Gasteiger partial charge in [-0.1, -0.05) is 32.5 Å². The minimum absolute atomic E-state index is 0.311. The number of rotatable bonds is 1. The minimum Gasteiger partial charge on any atom is -0.287 e. The summed E-state index contributed by atoms with van der Waals surface area (Å²) >= 11 is 1.51. The van der Waals surface area contributed by atoms with Crippen LogP contribution in [0.2, 0.25) is 0 Å². The first-order chi connectivity index (χ1) is 4.99. The Bertz CT molecular complexity index is 157. The predicted molar refractivity (Wildman–Crippen MR) is 49.6 cm³/mol. The van der Waals surface area contributed by atoms with Crippen LogP contribution in [-0.2, 0) is 4.79 Å². The highest BCUT2D eigenvalue weighted by molar-refractivity contribution is 8.14. The van der Waals surface area contributed by atoms with E-state index in [0.717, 1.165) is 18.6 Å². The largest absolute Gasteiger partial charge is 0.287 e. The van der Waals surface area contributed by atoms with Crippen molar-refractivity contribution < 1.29 is 4.79 Å². The standard InChI is InChI=1S/C9H16OS/c1-9(2,3)6-7-4-5-11-8(7)10/h7H,4-6H2,1-3H3. The van der Waals surface area contributed by atoms with Gasteiger partial charge in [0, 0.05) is 11.7 Å². The smallest absolute Gasteiger partial charge is 0.192 e. The fraction of sp³-hybridized carbons (Fsp3) is 0.889. The molecule has 0 aliphatic carbocycles. The number of thioether (sulfide) groups is 1. The quantitative estimate of drug-likeness (QED) is 0.605. The lowest BCUT2D eigenvalue weighted by Crippen LogP contribution is -2.15. The lowest BCUT2D eigenvalue weighted by Gasteiger charge is -2.20. The zero-order valence-corrected chi connectivity index (χ0v) is 8.33. The number of hydrogen-bond donors (Lipinski definition) is 0. The topological polar surface area (TPSA) is 17.1 Å². The van der Waals surface area contributed by atoms with E-state index >= 15 is 0 Å². The summed E-state index contributed by atoms with van der Waals surface area (Å²) in [5, 5.41) is 0.417. The van der Waals surface area contributed by atoms with Gasteiger partial charge in [0.25, 0.3) is 0 Å². The van der Waals surface area contributed by atoms with Crippen molar-refractivity contribution in [1.29, 1.82) is 0 Å². The molecule has 0 bridgehead atoms. The highest BCUT2D eigenvalue weighted by Crippen LogP contribution is 2.34. The highest BCUT2D eigenvalue weighted by Gasteiger charge is 2.29. The molecule has 0 aromatic rings. The van der Waals surface area contributed by atoms with Crippen LogP contribution in [0.4, 0.5) is 0 Å². The molecule has 0 amide bonds. The molecule has 1 nitrogen and oxygen atoms in total. The Hall–Kier alpha value is 0.0200. The minimum atomic E-state index is 0.311. The summed E-state index contributed by atoms with van der Waals surface area (Å²) in [6, 6.07) is 0. The molecule has 0 N–H and O–H groups in total. The second-order valence-electron chi connectivity index (χ2n) is 4.42. The van der Waals surface area contributed by atoms with Crippen LogP contribution in [0.1, 0.15) is 33.6 Å². The molecule has 1 fully saturated rings. The van der Waals surface area contributed by atoms with Crippen LogP contribution in [-0.4, -0.2) is 10.9 Å². The third-order valence-electron chi connectivity index (χ3n) is 1.90. The third-order valence-corrected chi connectivity index (χ3v) is 2.96. The maximum atomic E-state index is 11.2. The van der Waals surface area contributed by atoms with E-state index in [4.69, 9.17) is 0 Å². The van der Waals surface area contributed by atoms with Crippen molar-refractivity contribution in [2.45, 2.75) is 33.6 Å². The first-order valence-corrected chi connectivity index (χ1v) is 5.14. The Morgan fingerprint density at radius 3 is 2.55 bits per heavy atom. The fourth-order valence-electron chi connectivity index (χ4n) is 1.46. The van der Waals surface area contributed by atoms with E-state index in [1.807, 2.05) is 0 Å². The number of hydrogen-bond acceptors (Lipinski definition) is 2. The Morgan fingerprint density at radius 2 is 2.18 bits per heavy atom. The first kappa shape index (κ1) is 9.11. The lowest BCUT2D eigenvalue weighted by molar-refractivity contribution is -0.114. The summed E-state index contributed by atoms with van der Waals surface area (Å²) in [6.07, 6.45) is 2.15. The molecule has 1 unspecified atom stereocenters. The predicted octanol–water partition coefficient (Wildman–Crippen LogP) is 2.70. The molecule has 0 aromatic heterocycles. The summed E-state index contributed by atoms with van der Waals surface area (Å²) in [5.41, 5.74) is 0.311. The molecular weight excluding hydrogens is 156 g/mol. The SMILES string of the molecule is CC(C)(C)CC1CCSC1=O. The van der Waals surface area contributed by atoms with Gasteiger partial charge in [-0.3, -0.25) is 4.79 Å². The van der Waals surface area contributed by atoms with Crippen LogP contribution in [0.25, 0.3) is 0 Å². The molecule has 64 valence electrons. The summed E-state index contributed by atoms with van der Waals surface area (Å²) in [4.78, 5) is 11.2. The molecule has 1 rings (SSSR count). The van der Waals surface area contributed by atoms with Gasteiger partial charge in [-0.25, -0.2) is 0 Å². The van der Waals surface area contributed by atoms with E-state index in [1.165, 1.54) is 11.8 Å². The van der Waals surface area contributed by atoms with Crippen molar-refractivity contribution in [2.75, 3.05) is 5.75 Å². The average molecular weight is 172 g/mol. The van der Waals surface area contributed by atoms with Gasteiger partial charge in [-0.05, 0) is 18.3 Å². The molecule has 1 aliphatic heterocycles. The Balaban J connectivity index is 2.43. The molecule has 0 spiro atoms. The van der Waals surface area contributed by atoms with Gasteiger partial charge in [0.05, 0.1) is 0 Å². The molecule has 1 atom stereocenters. The van der Waals surface area contributed by atoms with Crippen molar-refractivity contribution >= 4 is 16.9 Å². The summed E-state index contributed by atoms with van der Waals surface area (Å²) in [6.45, 7) is 6.59. The molecule has 1 heterocycles. The number of carbonyl (C=O) groups excluding carboxylic acids is 1. The monoisotopic (exact) mass is 172 g/mol. The van der Waals surface area contributed by atoms with Crippen LogP contribution in [0.3, 0.4) is 0 Å². The van der Waals surface area contributed by atoms with E-state index in [1.54, 1.807) is 0 Å². The maximum Gasteiger partial charge on any atom is 0.192 e. The maximum absolute atomic E-state index is 11.2. The van der Waals surface area contributed by atoms with Crippen LogP contribution < -0.4 is 0 Å². The molecule has 1 aliphatic rings.